The van der Waals surface area contributed by atoms with Gasteiger partial charge in [-0.25, -0.2) is 9.97 Å². The zero-order chi connectivity index (χ0) is 39.7. The van der Waals surface area contributed by atoms with E-state index in [9.17, 15) is 0 Å². The van der Waals surface area contributed by atoms with Crippen LogP contribution in [0.4, 0.5) is 0 Å². The Hall–Kier alpha value is -7.56. The number of nitrogens with zero attached hydrogens (tertiary/aromatic N) is 4. The van der Waals surface area contributed by atoms with Gasteiger partial charge in [0.15, 0.2) is 0 Å². The number of imidazole rings is 2. The molecule has 4 heteroatoms. The summed E-state index contributed by atoms with van der Waals surface area (Å²) in [5.74, 6) is 2.06. The zero-order valence-corrected chi connectivity index (χ0v) is 33.0. The Balaban J connectivity index is 0.000000207. The van der Waals surface area contributed by atoms with Crippen LogP contribution in [0, 0.1) is 0 Å². The summed E-state index contributed by atoms with van der Waals surface area (Å²) in [4.78, 5) is 10.2. The third-order valence-corrected chi connectivity index (χ3v) is 12.3. The van der Waals surface area contributed by atoms with Crippen LogP contribution in [0.1, 0.15) is 29.4 Å². The minimum Gasteiger partial charge on any atom is -0.327 e. The van der Waals surface area contributed by atoms with Crippen molar-refractivity contribution in [3.63, 3.8) is 0 Å². The van der Waals surface area contributed by atoms with E-state index in [2.05, 4.69) is 186 Å². The maximum absolute atomic E-state index is 5.55. The van der Waals surface area contributed by atoms with Crippen molar-refractivity contribution < 1.29 is 0 Å². The van der Waals surface area contributed by atoms with Crippen molar-refractivity contribution in [2.24, 2.45) is 7.05 Å². The summed E-state index contributed by atoms with van der Waals surface area (Å²) in [6.45, 7) is 6.35. The van der Waals surface area contributed by atoms with Crippen LogP contribution in [0.5, 0.6) is 0 Å². The van der Waals surface area contributed by atoms with Crippen molar-refractivity contribution >= 4 is 49.2 Å². The van der Waals surface area contributed by atoms with Crippen molar-refractivity contribution in [3.8, 4) is 28.2 Å². The first-order valence-corrected chi connectivity index (χ1v) is 20.2. The Morgan fingerprint density at radius 1 is 0.576 bits per heavy atom. The lowest BCUT2D eigenvalue weighted by molar-refractivity contribution is 0.731. The monoisotopic (exact) mass is 756 g/mol. The molecule has 10 aromatic rings. The van der Waals surface area contributed by atoms with Crippen molar-refractivity contribution in [2.45, 2.75) is 12.3 Å². The molecule has 1 aliphatic heterocycles. The number of aromatic nitrogens is 4. The molecule has 1 atom stereocenters. The van der Waals surface area contributed by atoms with Crippen LogP contribution in [-0.4, -0.2) is 19.1 Å². The molecule has 2 aromatic heterocycles. The minimum atomic E-state index is -0.519. The van der Waals surface area contributed by atoms with Gasteiger partial charge in [-0.05, 0) is 104 Å². The summed E-state index contributed by atoms with van der Waals surface area (Å²) in [6.07, 6.45) is 6.42. The van der Waals surface area contributed by atoms with Gasteiger partial charge in [-0.1, -0.05) is 164 Å². The van der Waals surface area contributed by atoms with E-state index in [1.54, 1.807) is 0 Å². The Morgan fingerprint density at radius 2 is 1.24 bits per heavy atom. The summed E-state index contributed by atoms with van der Waals surface area (Å²) in [7, 11) is 2.05. The summed E-state index contributed by atoms with van der Waals surface area (Å²) in [5.41, 5.74) is 14.8. The molecule has 1 unspecified atom stereocenters. The van der Waals surface area contributed by atoms with E-state index < -0.39 is 5.41 Å². The second-order valence-corrected chi connectivity index (χ2v) is 15.4. The molecule has 0 amide bonds. The molecule has 0 saturated carbocycles. The predicted molar refractivity (Wildman–Crippen MR) is 246 cm³/mol. The van der Waals surface area contributed by atoms with Crippen LogP contribution >= 0.6 is 0 Å². The van der Waals surface area contributed by atoms with Gasteiger partial charge >= 0.3 is 0 Å². The lowest BCUT2D eigenvalue weighted by Gasteiger charge is -2.28. The second kappa shape index (κ2) is 13.5. The summed E-state index contributed by atoms with van der Waals surface area (Å²) < 4.78 is 4.52. The van der Waals surface area contributed by atoms with Crippen LogP contribution in [0.3, 0.4) is 0 Å². The van der Waals surface area contributed by atoms with Crippen molar-refractivity contribution in [2.75, 3.05) is 0 Å². The van der Waals surface area contributed by atoms with Gasteiger partial charge in [0.1, 0.15) is 17.1 Å². The third-order valence-electron chi connectivity index (χ3n) is 12.3. The third kappa shape index (κ3) is 5.03. The van der Waals surface area contributed by atoms with Gasteiger partial charge in [0.05, 0.1) is 27.8 Å². The molecule has 12 rings (SSSR count). The van der Waals surface area contributed by atoms with Gasteiger partial charge in [0.2, 0.25) is 0 Å². The van der Waals surface area contributed by atoms with E-state index in [-0.39, 0.29) is 0 Å². The smallest absolute Gasteiger partial charge is 0.140 e. The fourth-order valence-corrected chi connectivity index (χ4v) is 9.82. The molecule has 0 fully saturated rings. The predicted octanol–water partition coefficient (Wildman–Crippen LogP) is 13.4. The van der Waals surface area contributed by atoms with Crippen molar-refractivity contribution in [3.05, 3.63) is 229 Å². The quantitative estimate of drug-likeness (QED) is 0.168. The van der Waals surface area contributed by atoms with Gasteiger partial charge in [0.25, 0.3) is 0 Å². The molecular weight excluding hydrogens is 717 g/mol. The highest BCUT2D eigenvalue weighted by molar-refractivity contribution is 6.13. The highest BCUT2D eigenvalue weighted by atomic mass is 15.1. The first-order chi connectivity index (χ1) is 29.1. The molecule has 8 aromatic carbocycles. The first kappa shape index (κ1) is 34.7. The fraction of sp³-hybridized carbons (Fsp3) is 0.0545. The summed E-state index contributed by atoms with van der Waals surface area (Å²) in [6, 6.07) is 62.6. The Bertz CT molecular complexity index is 3320. The van der Waals surface area contributed by atoms with Crippen LogP contribution in [0.25, 0.3) is 77.4 Å². The molecule has 1 aliphatic carbocycles. The van der Waals surface area contributed by atoms with E-state index in [1.807, 2.05) is 42.5 Å². The highest BCUT2D eigenvalue weighted by Gasteiger charge is 2.54. The number of aryl methyl sites for hydroxylation is 1. The van der Waals surface area contributed by atoms with E-state index in [0.29, 0.717) is 0 Å². The highest BCUT2D eigenvalue weighted by Crippen LogP contribution is 2.60. The van der Waals surface area contributed by atoms with Gasteiger partial charge in [0, 0.05) is 12.6 Å². The van der Waals surface area contributed by atoms with Crippen LogP contribution in [0.15, 0.2) is 206 Å². The summed E-state index contributed by atoms with van der Waals surface area (Å²) in [5, 5.41) is 5.01. The van der Waals surface area contributed by atoms with Crippen LogP contribution in [-0.2, 0) is 12.5 Å². The molecule has 0 radical (unpaired) electrons. The SMILES string of the molecule is C=CC1=C(/C=C\C)C2(c3ccccc31)c1ccccc1-n1c2nc2cc(-c3c4ccccc4cc4ccccc34)ccc21.Cn1c(-c2ccccc2)nc2ccccc21. The van der Waals surface area contributed by atoms with E-state index in [4.69, 9.17) is 4.98 Å². The number of hydrogen-bond donors (Lipinski definition) is 0. The van der Waals surface area contributed by atoms with Gasteiger partial charge < -0.3 is 4.57 Å². The number of para-hydroxylation sites is 3. The van der Waals surface area contributed by atoms with Crippen LogP contribution < -0.4 is 0 Å². The molecule has 59 heavy (non-hydrogen) atoms. The second-order valence-electron chi connectivity index (χ2n) is 15.4. The van der Waals surface area contributed by atoms with Gasteiger partial charge in [-0.2, -0.15) is 0 Å². The number of rotatable bonds is 4. The molecule has 0 bridgehead atoms. The Labute approximate surface area is 343 Å². The molecule has 280 valence electrons. The van der Waals surface area contributed by atoms with E-state index in [0.717, 1.165) is 33.8 Å². The van der Waals surface area contributed by atoms with Gasteiger partial charge in [-0.15, -0.1) is 0 Å². The largest absolute Gasteiger partial charge is 0.327 e. The maximum Gasteiger partial charge on any atom is 0.140 e. The van der Waals surface area contributed by atoms with Gasteiger partial charge in [-0.3, -0.25) is 4.57 Å². The number of benzene rings is 8. The molecule has 0 N–H and O–H groups in total. The lowest BCUT2D eigenvalue weighted by atomic mass is 9.72. The topological polar surface area (TPSA) is 35.6 Å². The average Bonchev–Trinajstić information content (AvgIpc) is 4.00. The normalized spacial score (nSPS) is 15.3. The molecule has 2 aliphatic rings. The van der Waals surface area contributed by atoms with Crippen molar-refractivity contribution in [1.82, 2.24) is 19.1 Å². The standard InChI is InChI=1S/C41H28N2.C14H12N2/c1-3-13-33-29(4-2)32-18-9-10-19-34(32)41(33)35-20-11-12-21-37(35)43-38-23-22-28(25-36(38)42-40(41)43)39-30-16-7-5-14-26(30)24-27-15-6-8-17-31(27)39;1-16-13-10-6-5-9-12(13)15-14(16)11-7-3-2-4-8-11/h3-25H,2H2,1H3;2-10H,1H3/b13-3-;. The number of allylic oxidation sites excluding steroid dienone is 5. The fourth-order valence-electron chi connectivity index (χ4n) is 9.82. The molecule has 0 saturated heterocycles. The average molecular weight is 757 g/mol. The summed E-state index contributed by atoms with van der Waals surface area (Å²) >= 11 is 0. The minimum absolute atomic E-state index is 0.519. The first-order valence-electron chi connectivity index (χ1n) is 20.2. The Morgan fingerprint density at radius 3 is 1.98 bits per heavy atom. The number of fused-ring (bicyclic) bond motifs is 12. The van der Waals surface area contributed by atoms with E-state index in [1.165, 1.54) is 71.7 Å². The molecular formula is C55H40N4. The van der Waals surface area contributed by atoms with Crippen LogP contribution in [0.2, 0.25) is 0 Å². The molecule has 3 heterocycles. The maximum atomic E-state index is 5.55. The van der Waals surface area contributed by atoms with E-state index >= 15 is 0 Å². The lowest BCUT2D eigenvalue weighted by Crippen LogP contribution is -2.28. The molecule has 4 nitrogen and oxygen atoms in total. The molecule has 1 spiro atoms. The van der Waals surface area contributed by atoms with Crippen molar-refractivity contribution in [1.29, 1.82) is 0 Å². The zero-order valence-electron chi connectivity index (χ0n) is 33.0. The Kier molecular flexibility index (Phi) is 7.95. The number of hydrogen-bond acceptors (Lipinski definition) is 2.